The minimum Gasteiger partial charge on any atom is -0.364 e. The third kappa shape index (κ3) is 1.58. The van der Waals surface area contributed by atoms with E-state index in [2.05, 4.69) is 20.3 Å². The van der Waals surface area contributed by atoms with Gasteiger partial charge in [0, 0.05) is 6.20 Å². The van der Waals surface area contributed by atoms with Crippen LogP contribution in [0.4, 0.5) is 0 Å². The van der Waals surface area contributed by atoms with Crippen molar-refractivity contribution in [2.75, 3.05) is 0 Å². The molecule has 0 unspecified atom stereocenters. The average molecular weight is 240 g/mol. The van der Waals surface area contributed by atoms with Crippen molar-refractivity contribution in [3.8, 4) is 5.69 Å². The minimum absolute atomic E-state index is 0.205. The number of carbonyl (C=O) groups is 1. The van der Waals surface area contributed by atoms with Gasteiger partial charge in [0.1, 0.15) is 11.2 Å². The van der Waals surface area contributed by atoms with Crippen LogP contribution in [0.5, 0.6) is 0 Å². The first kappa shape index (κ1) is 10.3. The second-order valence-corrected chi connectivity index (χ2v) is 3.61. The Bertz CT molecular complexity index is 718. The lowest BCUT2D eigenvalue weighted by Crippen LogP contribution is -2.13. The highest BCUT2D eigenvalue weighted by molar-refractivity contribution is 5.90. The van der Waals surface area contributed by atoms with Crippen molar-refractivity contribution in [1.29, 1.82) is 0 Å². The molecule has 0 saturated heterocycles. The number of fused-ring (bicyclic) bond motifs is 1. The van der Waals surface area contributed by atoms with Crippen LogP contribution in [0.1, 0.15) is 10.5 Å². The van der Waals surface area contributed by atoms with Crippen LogP contribution in [0.25, 0.3) is 16.9 Å². The molecular formula is C11H8N6O. The van der Waals surface area contributed by atoms with Gasteiger partial charge in [-0.1, -0.05) is 5.21 Å². The van der Waals surface area contributed by atoms with Crippen molar-refractivity contribution in [2.45, 2.75) is 0 Å². The predicted molar refractivity (Wildman–Crippen MR) is 63.0 cm³/mol. The smallest absolute Gasteiger partial charge is 0.267 e. The lowest BCUT2D eigenvalue weighted by atomic mass is 10.3. The van der Waals surface area contributed by atoms with Crippen LogP contribution in [0.15, 0.2) is 36.7 Å². The van der Waals surface area contributed by atoms with Crippen molar-refractivity contribution >= 4 is 17.1 Å². The Labute approximate surface area is 101 Å². The van der Waals surface area contributed by atoms with Gasteiger partial charge in [0.25, 0.3) is 5.91 Å². The van der Waals surface area contributed by atoms with Crippen molar-refractivity contribution in [3.05, 3.63) is 42.4 Å². The van der Waals surface area contributed by atoms with E-state index in [1.807, 2.05) is 6.07 Å². The van der Waals surface area contributed by atoms with E-state index in [9.17, 15) is 4.79 Å². The molecule has 0 fully saturated rings. The number of amides is 1. The van der Waals surface area contributed by atoms with Crippen molar-refractivity contribution < 1.29 is 4.79 Å². The molecule has 1 amide bonds. The molecule has 0 radical (unpaired) electrons. The number of primary amides is 1. The van der Waals surface area contributed by atoms with Crippen LogP contribution < -0.4 is 5.73 Å². The molecule has 0 aliphatic rings. The Hall–Kier alpha value is -2.83. The average Bonchev–Trinajstić information content (AvgIpc) is 2.82. The standard InChI is InChI=1S/C11H8N6O/c12-10(18)8-4-3-7(6-14-8)17-11-9(15-16-17)2-1-5-13-11/h1-6H,(H2,12,18). The van der Waals surface area contributed by atoms with Gasteiger partial charge in [0.2, 0.25) is 0 Å². The summed E-state index contributed by atoms with van der Waals surface area (Å²) in [4.78, 5) is 19.1. The maximum absolute atomic E-state index is 10.9. The van der Waals surface area contributed by atoms with E-state index in [1.165, 1.54) is 12.3 Å². The summed E-state index contributed by atoms with van der Waals surface area (Å²) in [6, 6.07) is 6.83. The summed E-state index contributed by atoms with van der Waals surface area (Å²) in [6.07, 6.45) is 3.16. The van der Waals surface area contributed by atoms with Crippen LogP contribution in [0.2, 0.25) is 0 Å². The molecule has 3 heterocycles. The van der Waals surface area contributed by atoms with Crippen molar-refractivity contribution in [1.82, 2.24) is 25.0 Å². The molecule has 18 heavy (non-hydrogen) atoms. The lowest BCUT2D eigenvalue weighted by molar-refractivity contribution is 0.0995. The number of nitrogens with two attached hydrogens (primary N) is 1. The first-order valence-corrected chi connectivity index (χ1v) is 5.18. The highest BCUT2D eigenvalue weighted by Crippen LogP contribution is 2.12. The largest absolute Gasteiger partial charge is 0.364 e. The summed E-state index contributed by atoms with van der Waals surface area (Å²) in [7, 11) is 0. The van der Waals surface area contributed by atoms with Gasteiger partial charge in [0.15, 0.2) is 5.65 Å². The summed E-state index contributed by atoms with van der Waals surface area (Å²) in [5.74, 6) is -0.567. The Morgan fingerprint density at radius 1 is 1.22 bits per heavy atom. The molecule has 2 N–H and O–H groups in total. The van der Waals surface area contributed by atoms with E-state index in [0.29, 0.717) is 16.9 Å². The molecule has 0 aliphatic carbocycles. The van der Waals surface area contributed by atoms with E-state index in [4.69, 9.17) is 5.73 Å². The normalized spacial score (nSPS) is 10.7. The molecule has 0 aromatic carbocycles. The van der Waals surface area contributed by atoms with E-state index in [1.54, 1.807) is 23.0 Å². The van der Waals surface area contributed by atoms with Gasteiger partial charge >= 0.3 is 0 Å². The first-order chi connectivity index (χ1) is 8.75. The maximum atomic E-state index is 10.9. The number of rotatable bonds is 2. The molecule has 88 valence electrons. The summed E-state index contributed by atoms with van der Waals surface area (Å²) < 4.78 is 1.55. The topological polar surface area (TPSA) is 99.6 Å². The van der Waals surface area contributed by atoms with Crippen LogP contribution >= 0.6 is 0 Å². The van der Waals surface area contributed by atoms with Crippen molar-refractivity contribution in [2.24, 2.45) is 5.73 Å². The summed E-state index contributed by atoms with van der Waals surface area (Å²) >= 11 is 0. The zero-order chi connectivity index (χ0) is 12.5. The molecule has 3 rings (SSSR count). The van der Waals surface area contributed by atoms with Gasteiger partial charge in [-0.2, -0.15) is 4.68 Å². The Kier molecular flexibility index (Phi) is 2.23. The Morgan fingerprint density at radius 3 is 2.83 bits per heavy atom. The fraction of sp³-hybridized carbons (Fsp3) is 0. The minimum atomic E-state index is -0.567. The summed E-state index contributed by atoms with van der Waals surface area (Å²) in [6.45, 7) is 0. The van der Waals surface area contributed by atoms with Gasteiger partial charge in [-0.05, 0) is 24.3 Å². The molecular weight excluding hydrogens is 232 g/mol. The number of pyridine rings is 2. The van der Waals surface area contributed by atoms with Crippen LogP contribution in [0, 0.1) is 0 Å². The predicted octanol–water partition coefficient (Wildman–Crippen LogP) is 0.309. The molecule has 3 aromatic rings. The third-order valence-corrected chi connectivity index (χ3v) is 2.45. The van der Waals surface area contributed by atoms with E-state index in [-0.39, 0.29) is 5.69 Å². The van der Waals surface area contributed by atoms with Crippen molar-refractivity contribution in [3.63, 3.8) is 0 Å². The number of aromatic nitrogens is 5. The number of hydrogen-bond acceptors (Lipinski definition) is 5. The lowest BCUT2D eigenvalue weighted by Gasteiger charge is -2.01. The zero-order valence-corrected chi connectivity index (χ0v) is 9.19. The second kappa shape index (κ2) is 3.88. The zero-order valence-electron chi connectivity index (χ0n) is 9.19. The van der Waals surface area contributed by atoms with Gasteiger partial charge in [0.05, 0.1) is 11.9 Å². The fourth-order valence-electron chi connectivity index (χ4n) is 1.60. The summed E-state index contributed by atoms with van der Waals surface area (Å²) in [5, 5.41) is 7.97. The molecule has 3 aromatic heterocycles. The number of carbonyl (C=O) groups excluding carboxylic acids is 1. The molecule has 7 heteroatoms. The maximum Gasteiger partial charge on any atom is 0.267 e. The summed E-state index contributed by atoms with van der Waals surface area (Å²) in [5.41, 5.74) is 7.32. The van der Waals surface area contributed by atoms with Gasteiger partial charge < -0.3 is 5.73 Å². The molecule has 0 saturated carbocycles. The Morgan fingerprint density at radius 2 is 2.11 bits per heavy atom. The number of nitrogens with zero attached hydrogens (tertiary/aromatic N) is 5. The Balaban J connectivity index is 2.12. The molecule has 7 nitrogen and oxygen atoms in total. The first-order valence-electron chi connectivity index (χ1n) is 5.18. The van der Waals surface area contributed by atoms with Crippen LogP contribution in [0.3, 0.4) is 0 Å². The monoisotopic (exact) mass is 240 g/mol. The van der Waals surface area contributed by atoms with Gasteiger partial charge in [-0.25, -0.2) is 9.97 Å². The van der Waals surface area contributed by atoms with Crippen LogP contribution in [-0.2, 0) is 0 Å². The quantitative estimate of drug-likeness (QED) is 0.694. The van der Waals surface area contributed by atoms with Gasteiger partial charge in [-0.3, -0.25) is 4.79 Å². The molecule has 0 aliphatic heterocycles. The SMILES string of the molecule is NC(=O)c1ccc(-n2nnc3cccnc32)cn1. The molecule has 0 atom stereocenters. The van der Waals surface area contributed by atoms with Gasteiger partial charge in [-0.15, -0.1) is 5.10 Å². The fourth-order valence-corrected chi connectivity index (χ4v) is 1.60. The van der Waals surface area contributed by atoms with E-state index < -0.39 is 5.91 Å². The highest BCUT2D eigenvalue weighted by atomic mass is 16.1. The van der Waals surface area contributed by atoms with Crippen LogP contribution in [-0.4, -0.2) is 30.9 Å². The third-order valence-electron chi connectivity index (χ3n) is 2.45. The molecule has 0 bridgehead atoms. The number of hydrogen-bond donors (Lipinski definition) is 1. The van der Waals surface area contributed by atoms with E-state index in [0.717, 1.165) is 0 Å². The van der Waals surface area contributed by atoms with E-state index >= 15 is 0 Å². The highest BCUT2D eigenvalue weighted by Gasteiger charge is 2.08. The second-order valence-electron chi connectivity index (χ2n) is 3.61. The molecule has 0 spiro atoms.